The fourth-order valence-corrected chi connectivity index (χ4v) is 5.91. The maximum absolute atomic E-state index is 14.0. The van der Waals surface area contributed by atoms with E-state index < -0.39 is 48.0 Å². The molecule has 0 spiro atoms. The van der Waals surface area contributed by atoms with Crippen LogP contribution in [0.3, 0.4) is 0 Å². The molecule has 0 radical (unpaired) electrons. The Morgan fingerprint density at radius 3 is 2.15 bits per heavy atom. The molecule has 5 rings (SSSR count). The lowest BCUT2D eigenvalue weighted by Gasteiger charge is -2.27. The Morgan fingerprint density at radius 1 is 0.792 bits per heavy atom. The maximum Gasteiger partial charge on any atom is 0.255 e. The SMILES string of the molecule is COc1ccc(CCNC(=O)[C@@H]2CC(=O)N(Cc3ccccc3)CC(=O)N(C)CC(=O)N[C@H](Cc3ccccc3)COc3ccccc3C(=O)N2)cc1. The van der Waals surface area contributed by atoms with Gasteiger partial charge in [0.05, 0.1) is 31.7 Å². The monoisotopic (exact) mass is 719 g/mol. The molecule has 3 N–H and O–H groups in total. The number of amides is 5. The molecule has 12 heteroatoms. The normalized spacial score (nSPS) is 17.5. The molecule has 276 valence electrons. The van der Waals surface area contributed by atoms with E-state index in [0.717, 1.165) is 16.7 Å². The van der Waals surface area contributed by atoms with E-state index in [2.05, 4.69) is 16.0 Å². The number of ether oxygens (including phenoxy) is 2. The molecular weight excluding hydrogens is 674 g/mol. The van der Waals surface area contributed by atoms with E-state index in [9.17, 15) is 24.0 Å². The van der Waals surface area contributed by atoms with E-state index in [1.54, 1.807) is 31.4 Å². The van der Waals surface area contributed by atoms with Gasteiger partial charge in [-0.25, -0.2) is 0 Å². The molecule has 1 aliphatic rings. The molecule has 4 aromatic rings. The standard InChI is InChI=1S/C41H45N5O7/c1-45-26-37(47)43-32(23-30-11-5-3-6-12-30)28-53-36-16-10-9-15-34(36)40(50)44-35(41(51)42-22-21-29-17-19-33(52-2)20-18-29)24-38(48)46(27-39(45)49)25-31-13-7-4-8-14-31/h3-20,32,35H,21-28H2,1-2H3,(H,42,51)(H,43,47)(H,44,50)/t32-,35+/m1/s1. The lowest BCUT2D eigenvalue weighted by atomic mass is 10.1. The highest BCUT2D eigenvalue weighted by molar-refractivity contribution is 6.01. The average Bonchev–Trinajstić information content (AvgIpc) is 3.17. The van der Waals surface area contributed by atoms with Gasteiger partial charge in [-0.15, -0.1) is 0 Å². The highest BCUT2D eigenvalue weighted by atomic mass is 16.5. The topological polar surface area (TPSA) is 146 Å². The highest BCUT2D eigenvalue weighted by Crippen LogP contribution is 2.20. The van der Waals surface area contributed by atoms with Gasteiger partial charge in [-0.05, 0) is 53.8 Å². The van der Waals surface area contributed by atoms with Gasteiger partial charge in [0, 0.05) is 20.1 Å². The molecule has 0 unspecified atom stereocenters. The lowest BCUT2D eigenvalue weighted by molar-refractivity contribution is -0.142. The first-order chi connectivity index (χ1) is 25.7. The van der Waals surface area contributed by atoms with Gasteiger partial charge in [0.25, 0.3) is 5.91 Å². The zero-order valence-electron chi connectivity index (χ0n) is 30.0. The fourth-order valence-electron chi connectivity index (χ4n) is 5.91. The van der Waals surface area contributed by atoms with Crippen LogP contribution in [0.4, 0.5) is 0 Å². The van der Waals surface area contributed by atoms with Gasteiger partial charge < -0.3 is 35.2 Å². The number of hydrogen-bond acceptors (Lipinski definition) is 7. The number of nitrogens with zero attached hydrogens (tertiary/aromatic N) is 2. The van der Waals surface area contributed by atoms with E-state index in [0.29, 0.717) is 18.6 Å². The van der Waals surface area contributed by atoms with Gasteiger partial charge in [-0.2, -0.15) is 0 Å². The molecule has 2 atom stereocenters. The third kappa shape index (κ3) is 11.4. The van der Waals surface area contributed by atoms with Crippen molar-refractivity contribution >= 4 is 29.5 Å². The second-order valence-corrected chi connectivity index (χ2v) is 12.9. The van der Waals surface area contributed by atoms with Crippen molar-refractivity contribution in [1.82, 2.24) is 25.8 Å². The number of carbonyl (C=O) groups excluding carboxylic acids is 5. The number of carbonyl (C=O) groups is 5. The molecule has 5 amide bonds. The minimum atomic E-state index is -1.28. The number of fused-ring (bicyclic) bond motifs is 1. The molecule has 0 saturated carbocycles. The van der Waals surface area contributed by atoms with Gasteiger partial charge >= 0.3 is 0 Å². The van der Waals surface area contributed by atoms with Crippen LogP contribution in [0.15, 0.2) is 109 Å². The summed E-state index contributed by atoms with van der Waals surface area (Å²) in [4.78, 5) is 71.1. The third-order valence-corrected chi connectivity index (χ3v) is 8.84. The van der Waals surface area contributed by atoms with E-state index in [4.69, 9.17) is 9.47 Å². The Bertz CT molecular complexity index is 1850. The van der Waals surface area contributed by atoms with Crippen LogP contribution in [0.5, 0.6) is 11.5 Å². The molecule has 12 nitrogen and oxygen atoms in total. The second kappa shape index (κ2) is 18.9. The summed E-state index contributed by atoms with van der Waals surface area (Å²) in [5.74, 6) is -1.64. The first-order valence-electron chi connectivity index (χ1n) is 17.5. The fraction of sp³-hybridized carbons (Fsp3) is 0.293. The minimum absolute atomic E-state index is 0.0151. The Labute approximate surface area is 309 Å². The molecule has 1 heterocycles. The molecule has 4 aromatic carbocycles. The Balaban J connectivity index is 1.43. The van der Waals surface area contributed by atoms with Crippen LogP contribution in [0.1, 0.15) is 33.5 Å². The zero-order chi connectivity index (χ0) is 37.6. The number of benzene rings is 4. The first-order valence-corrected chi connectivity index (χ1v) is 17.5. The van der Waals surface area contributed by atoms with Crippen LogP contribution in [0.2, 0.25) is 0 Å². The van der Waals surface area contributed by atoms with Gasteiger partial charge in [0.15, 0.2) is 0 Å². The van der Waals surface area contributed by atoms with Crippen LogP contribution in [0.25, 0.3) is 0 Å². The van der Waals surface area contributed by atoms with Gasteiger partial charge in [-0.3, -0.25) is 24.0 Å². The molecule has 0 aliphatic carbocycles. The highest BCUT2D eigenvalue weighted by Gasteiger charge is 2.30. The number of hydrogen-bond donors (Lipinski definition) is 3. The molecule has 0 saturated heterocycles. The Hall–Kier alpha value is -6.17. The summed E-state index contributed by atoms with van der Waals surface area (Å²) in [5.41, 5.74) is 2.83. The average molecular weight is 720 g/mol. The summed E-state index contributed by atoms with van der Waals surface area (Å²) in [6.45, 7) is -0.279. The largest absolute Gasteiger partial charge is 0.497 e. The van der Waals surface area contributed by atoms with Crippen LogP contribution >= 0.6 is 0 Å². The molecule has 1 aliphatic heterocycles. The van der Waals surface area contributed by atoms with Crippen molar-refractivity contribution in [2.45, 2.75) is 37.9 Å². The number of nitrogens with one attached hydrogen (secondary N) is 3. The smallest absolute Gasteiger partial charge is 0.255 e. The summed E-state index contributed by atoms with van der Waals surface area (Å²) >= 11 is 0. The predicted molar refractivity (Wildman–Crippen MR) is 199 cm³/mol. The summed E-state index contributed by atoms with van der Waals surface area (Å²) < 4.78 is 11.4. The summed E-state index contributed by atoms with van der Waals surface area (Å²) in [5, 5.41) is 8.60. The minimum Gasteiger partial charge on any atom is -0.497 e. The molecule has 53 heavy (non-hydrogen) atoms. The van der Waals surface area contributed by atoms with Crippen molar-refractivity contribution in [3.63, 3.8) is 0 Å². The van der Waals surface area contributed by atoms with E-state index in [-0.39, 0.29) is 44.1 Å². The Morgan fingerprint density at radius 2 is 1.45 bits per heavy atom. The zero-order valence-corrected chi connectivity index (χ0v) is 30.0. The van der Waals surface area contributed by atoms with Crippen LogP contribution in [-0.2, 0) is 38.6 Å². The summed E-state index contributed by atoms with van der Waals surface area (Å²) in [7, 11) is 3.08. The number of methoxy groups -OCH3 is 1. The van der Waals surface area contributed by atoms with Gasteiger partial charge in [0.2, 0.25) is 23.6 Å². The second-order valence-electron chi connectivity index (χ2n) is 12.9. The Kier molecular flexibility index (Phi) is 13.6. The van der Waals surface area contributed by atoms with Crippen molar-refractivity contribution in [3.8, 4) is 11.5 Å². The molecular formula is C41H45N5O7. The van der Waals surface area contributed by atoms with Crippen LogP contribution in [0, 0.1) is 0 Å². The van der Waals surface area contributed by atoms with Crippen molar-refractivity contribution in [2.75, 3.05) is 40.4 Å². The van der Waals surface area contributed by atoms with Crippen LogP contribution in [-0.4, -0.2) is 91.8 Å². The van der Waals surface area contributed by atoms with E-state index in [1.807, 2.05) is 84.9 Å². The van der Waals surface area contributed by atoms with E-state index in [1.165, 1.54) is 16.8 Å². The maximum atomic E-state index is 14.0. The number of likely N-dealkylation sites (N-methyl/N-ethyl adjacent to an activating group) is 1. The molecule has 0 bridgehead atoms. The number of rotatable bonds is 9. The van der Waals surface area contributed by atoms with Crippen molar-refractivity contribution in [1.29, 1.82) is 0 Å². The van der Waals surface area contributed by atoms with Gasteiger partial charge in [-0.1, -0.05) is 84.9 Å². The first kappa shape index (κ1) is 38.1. The van der Waals surface area contributed by atoms with Crippen LogP contribution < -0.4 is 25.4 Å². The van der Waals surface area contributed by atoms with Crippen molar-refractivity contribution in [2.24, 2.45) is 0 Å². The number of para-hydroxylation sites is 1. The summed E-state index contributed by atoms with van der Waals surface area (Å²) in [6, 6.07) is 30.9. The van der Waals surface area contributed by atoms with E-state index >= 15 is 0 Å². The van der Waals surface area contributed by atoms with Crippen molar-refractivity contribution < 1.29 is 33.4 Å². The summed E-state index contributed by atoms with van der Waals surface area (Å²) in [6.07, 6.45) is 0.502. The molecule has 0 aromatic heterocycles. The quantitative estimate of drug-likeness (QED) is 0.241. The predicted octanol–water partition coefficient (Wildman–Crippen LogP) is 3.15. The van der Waals surface area contributed by atoms with Gasteiger partial charge in [0.1, 0.15) is 30.7 Å². The van der Waals surface area contributed by atoms with Crippen molar-refractivity contribution in [3.05, 3.63) is 131 Å². The molecule has 0 fully saturated rings. The lowest BCUT2D eigenvalue weighted by Crippen LogP contribution is -2.51. The third-order valence-electron chi connectivity index (χ3n) is 8.84.